The van der Waals surface area contributed by atoms with Gasteiger partial charge >= 0.3 is 0 Å². The third-order valence-corrected chi connectivity index (χ3v) is 5.27. The first kappa shape index (κ1) is 19.7. The van der Waals surface area contributed by atoms with Crippen LogP contribution in [0.5, 0.6) is 0 Å². The number of hydrogen-bond donors (Lipinski definition) is 1. The first-order chi connectivity index (χ1) is 10.5. The highest BCUT2D eigenvalue weighted by atomic mass is 19.1. The summed E-state index contributed by atoms with van der Waals surface area (Å²) in [4.78, 5) is 0. The minimum absolute atomic E-state index is 0.143. The van der Waals surface area contributed by atoms with Crippen molar-refractivity contribution in [3.8, 4) is 0 Å². The largest absolute Gasteiger partial charge is 0.392 e. The number of nitrogens with one attached hydrogen (secondary N) is 1. The van der Waals surface area contributed by atoms with Gasteiger partial charge in [-0.25, -0.2) is 4.39 Å². The van der Waals surface area contributed by atoms with Crippen LogP contribution in [0.1, 0.15) is 70.2 Å². The van der Waals surface area contributed by atoms with Crippen molar-refractivity contribution in [2.24, 2.45) is 10.8 Å². The van der Waals surface area contributed by atoms with Crippen LogP contribution in [0.15, 0.2) is 18.3 Å². The zero-order valence-corrected chi connectivity index (χ0v) is 16.2. The van der Waals surface area contributed by atoms with Gasteiger partial charge in [-0.1, -0.05) is 54.0 Å². The van der Waals surface area contributed by atoms with E-state index in [-0.39, 0.29) is 16.7 Å². The normalized spacial score (nSPS) is 13.3. The molecule has 23 heavy (non-hydrogen) atoms. The van der Waals surface area contributed by atoms with Gasteiger partial charge in [-0.05, 0) is 53.4 Å². The maximum Gasteiger partial charge on any atom is 0.146 e. The first-order valence-electron chi connectivity index (χ1n) is 8.69. The summed E-state index contributed by atoms with van der Waals surface area (Å²) in [7, 11) is 1.73. The second-order valence-electron chi connectivity index (χ2n) is 8.28. The standard InChI is InChI=1S/C21H34FN/c1-9-10-16-11-15(2)17(12-18(16)19(22)14-23-8)13-21(6,7)20(3,4)5/h11-12,14,23H,9-10,13H2,1-8H3/b19-14+. The van der Waals surface area contributed by atoms with Crippen LogP contribution in [0.25, 0.3) is 5.83 Å². The lowest BCUT2D eigenvalue weighted by molar-refractivity contribution is 0.132. The van der Waals surface area contributed by atoms with E-state index in [2.05, 4.69) is 65.9 Å². The number of halogens is 1. The third-order valence-electron chi connectivity index (χ3n) is 5.27. The topological polar surface area (TPSA) is 12.0 Å². The van der Waals surface area contributed by atoms with Gasteiger partial charge in [-0.2, -0.15) is 0 Å². The Labute approximate surface area is 142 Å². The van der Waals surface area contributed by atoms with E-state index in [1.807, 2.05) is 0 Å². The molecule has 1 aromatic carbocycles. The van der Waals surface area contributed by atoms with Crippen molar-refractivity contribution in [1.29, 1.82) is 0 Å². The Morgan fingerprint density at radius 3 is 2.22 bits per heavy atom. The molecule has 0 fully saturated rings. The highest BCUT2D eigenvalue weighted by Crippen LogP contribution is 2.41. The average molecular weight is 320 g/mol. The fourth-order valence-corrected chi connectivity index (χ4v) is 2.65. The van der Waals surface area contributed by atoms with E-state index in [1.54, 1.807) is 7.05 Å². The van der Waals surface area contributed by atoms with Crippen molar-refractivity contribution in [3.63, 3.8) is 0 Å². The summed E-state index contributed by atoms with van der Waals surface area (Å²) in [6.45, 7) is 15.7. The van der Waals surface area contributed by atoms with Crippen LogP contribution in [-0.2, 0) is 12.8 Å². The molecule has 2 heteroatoms. The molecule has 1 N–H and O–H groups in total. The van der Waals surface area contributed by atoms with E-state index in [1.165, 1.54) is 17.3 Å². The van der Waals surface area contributed by atoms with Crippen molar-refractivity contribution < 1.29 is 4.39 Å². The van der Waals surface area contributed by atoms with Gasteiger partial charge in [0.2, 0.25) is 0 Å². The molecule has 0 aromatic heterocycles. The van der Waals surface area contributed by atoms with E-state index < -0.39 is 0 Å². The van der Waals surface area contributed by atoms with Crippen LogP contribution in [-0.4, -0.2) is 7.05 Å². The summed E-state index contributed by atoms with van der Waals surface area (Å²) in [6, 6.07) is 4.24. The summed E-state index contributed by atoms with van der Waals surface area (Å²) in [5.74, 6) is -0.175. The van der Waals surface area contributed by atoms with Crippen LogP contribution >= 0.6 is 0 Å². The smallest absolute Gasteiger partial charge is 0.146 e. The van der Waals surface area contributed by atoms with Gasteiger partial charge in [0, 0.05) is 18.8 Å². The Kier molecular flexibility index (Phi) is 6.44. The minimum Gasteiger partial charge on any atom is -0.392 e. The van der Waals surface area contributed by atoms with Gasteiger partial charge in [-0.3, -0.25) is 0 Å². The average Bonchev–Trinajstić information content (AvgIpc) is 2.40. The molecule has 0 bridgehead atoms. The van der Waals surface area contributed by atoms with Crippen molar-refractivity contribution in [1.82, 2.24) is 5.32 Å². The molecule has 0 amide bonds. The van der Waals surface area contributed by atoms with E-state index >= 15 is 0 Å². The summed E-state index contributed by atoms with van der Waals surface area (Å²) in [6.07, 6.45) is 4.33. The Morgan fingerprint density at radius 1 is 1.13 bits per heavy atom. The molecule has 1 rings (SSSR count). The number of hydrogen-bond acceptors (Lipinski definition) is 1. The van der Waals surface area contributed by atoms with E-state index in [0.717, 1.165) is 30.4 Å². The summed E-state index contributed by atoms with van der Waals surface area (Å²) >= 11 is 0. The monoisotopic (exact) mass is 319 g/mol. The van der Waals surface area contributed by atoms with Gasteiger partial charge in [0.1, 0.15) is 5.83 Å². The molecular weight excluding hydrogens is 285 g/mol. The van der Waals surface area contributed by atoms with Gasteiger partial charge in [0.05, 0.1) is 0 Å². The molecule has 0 aliphatic heterocycles. The quantitative estimate of drug-likeness (QED) is 0.673. The number of rotatable bonds is 6. The molecule has 1 aromatic rings. The number of aryl methyl sites for hydroxylation is 2. The first-order valence-corrected chi connectivity index (χ1v) is 8.69. The molecule has 0 atom stereocenters. The number of benzene rings is 1. The predicted octanol–water partition coefficient (Wildman–Crippen LogP) is 6.05. The van der Waals surface area contributed by atoms with Gasteiger partial charge < -0.3 is 5.32 Å². The molecule has 0 aliphatic carbocycles. The van der Waals surface area contributed by atoms with Crippen LogP contribution in [0.4, 0.5) is 4.39 Å². The summed E-state index contributed by atoms with van der Waals surface area (Å²) < 4.78 is 14.5. The summed E-state index contributed by atoms with van der Waals surface area (Å²) in [5, 5.41) is 2.80. The van der Waals surface area contributed by atoms with Crippen molar-refractivity contribution >= 4 is 5.83 Å². The molecule has 1 nitrogen and oxygen atoms in total. The maximum atomic E-state index is 14.5. The highest BCUT2D eigenvalue weighted by Gasteiger charge is 2.33. The van der Waals surface area contributed by atoms with Gasteiger partial charge in [0.25, 0.3) is 0 Å². The van der Waals surface area contributed by atoms with Crippen molar-refractivity contribution in [2.45, 2.75) is 67.7 Å². The third kappa shape index (κ3) is 4.83. The second kappa shape index (κ2) is 7.51. The minimum atomic E-state index is -0.175. The zero-order chi connectivity index (χ0) is 17.8. The van der Waals surface area contributed by atoms with Crippen molar-refractivity contribution in [3.05, 3.63) is 40.6 Å². The molecule has 0 heterocycles. The lowest BCUT2D eigenvalue weighted by Gasteiger charge is -2.39. The van der Waals surface area contributed by atoms with E-state index in [4.69, 9.17) is 0 Å². The molecule has 0 unspecified atom stereocenters. The summed E-state index contributed by atoms with van der Waals surface area (Å²) in [5.41, 5.74) is 4.70. The lowest BCUT2D eigenvalue weighted by Crippen LogP contribution is -2.32. The molecule has 0 saturated heterocycles. The van der Waals surface area contributed by atoms with E-state index in [9.17, 15) is 4.39 Å². The lowest BCUT2D eigenvalue weighted by atomic mass is 9.66. The Hall–Kier alpha value is -1.31. The van der Waals surface area contributed by atoms with Crippen molar-refractivity contribution in [2.75, 3.05) is 7.05 Å². The van der Waals surface area contributed by atoms with Crippen LogP contribution in [0, 0.1) is 17.8 Å². The fraction of sp³-hybridized carbons (Fsp3) is 0.619. The molecule has 0 radical (unpaired) electrons. The Bertz CT molecular complexity index is 562. The molecular formula is C21H34FN. The SMILES string of the molecule is CCCc1cc(C)c(CC(C)(C)C(C)(C)C)cc1/C(F)=C\NC. The zero-order valence-electron chi connectivity index (χ0n) is 16.2. The molecule has 0 aliphatic rings. The molecule has 0 saturated carbocycles. The van der Waals surface area contributed by atoms with Gasteiger partial charge in [-0.15, -0.1) is 0 Å². The Morgan fingerprint density at radius 2 is 1.74 bits per heavy atom. The highest BCUT2D eigenvalue weighted by molar-refractivity contribution is 5.64. The fourth-order valence-electron chi connectivity index (χ4n) is 2.65. The predicted molar refractivity (Wildman–Crippen MR) is 100 cm³/mol. The van der Waals surface area contributed by atoms with Crippen LogP contribution in [0.2, 0.25) is 0 Å². The van der Waals surface area contributed by atoms with Gasteiger partial charge in [0.15, 0.2) is 0 Å². The Balaban J connectivity index is 3.35. The van der Waals surface area contributed by atoms with Crippen LogP contribution in [0.3, 0.4) is 0 Å². The second-order valence-corrected chi connectivity index (χ2v) is 8.28. The molecule has 0 spiro atoms. The molecule has 130 valence electrons. The van der Waals surface area contributed by atoms with E-state index in [0.29, 0.717) is 0 Å². The van der Waals surface area contributed by atoms with Crippen LogP contribution < -0.4 is 5.32 Å². The maximum absolute atomic E-state index is 14.5.